The third-order valence-electron chi connectivity index (χ3n) is 2.93. The second kappa shape index (κ2) is 6.96. The Morgan fingerprint density at radius 1 is 1.20 bits per heavy atom. The van der Waals surface area contributed by atoms with Gasteiger partial charge in [0.2, 0.25) is 0 Å². The molecule has 0 bridgehead atoms. The first-order valence-corrected chi connectivity index (χ1v) is 7.20. The molecule has 5 heteroatoms. The summed E-state index contributed by atoms with van der Waals surface area (Å²) in [6.07, 6.45) is 0.746. The number of rotatable bonds is 6. The molecular formula is C15H17NO3S. The molecule has 1 amide bonds. The van der Waals surface area contributed by atoms with Gasteiger partial charge in [0.15, 0.2) is 11.5 Å². The minimum Gasteiger partial charge on any atom is -0.493 e. The molecule has 0 saturated heterocycles. The molecule has 106 valence electrons. The van der Waals surface area contributed by atoms with Crippen LogP contribution in [0.15, 0.2) is 35.0 Å². The Morgan fingerprint density at radius 3 is 2.65 bits per heavy atom. The van der Waals surface area contributed by atoms with Crippen LogP contribution in [-0.2, 0) is 6.42 Å². The van der Waals surface area contributed by atoms with Crippen molar-refractivity contribution in [1.82, 2.24) is 5.32 Å². The molecule has 0 aliphatic carbocycles. The second-order valence-corrected chi connectivity index (χ2v) is 4.99. The molecule has 2 rings (SSSR count). The average Bonchev–Trinajstić information content (AvgIpc) is 3.01. The minimum absolute atomic E-state index is 0.0354. The largest absolute Gasteiger partial charge is 0.493 e. The lowest BCUT2D eigenvalue weighted by Gasteiger charge is -2.10. The molecule has 0 radical (unpaired) electrons. The Kier molecular flexibility index (Phi) is 5.01. The van der Waals surface area contributed by atoms with Gasteiger partial charge in [0.05, 0.1) is 14.2 Å². The van der Waals surface area contributed by atoms with Crippen LogP contribution in [0.2, 0.25) is 0 Å². The number of thiophene rings is 1. The summed E-state index contributed by atoms with van der Waals surface area (Å²) in [6.45, 7) is 0.587. The Labute approximate surface area is 122 Å². The highest BCUT2D eigenvalue weighted by Crippen LogP contribution is 2.27. The van der Waals surface area contributed by atoms with E-state index >= 15 is 0 Å². The van der Waals surface area contributed by atoms with E-state index < -0.39 is 0 Å². The summed E-state index contributed by atoms with van der Waals surface area (Å²) < 4.78 is 10.4. The third-order valence-corrected chi connectivity index (χ3v) is 3.61. The molecule has 0 unspecified atom stereocenters. The standard InChI is InChI=1S/C15H17NO3S/c1-18-13-4-3-11(9-14(13)19-2)5-7-16-15(17)12-6-8-20-10-12/h3-4,6,8-10H,5,7H2,1-2H3,(H,16,17). The fourth-order valence-electron chi connectivity index (χ4n) is 1.85. The maximum atomic E-state index is 11.8. The Morgan fingerprint density at radius 2 is 2.00 bits per heavy atom. The van der Waals surface area contributed by atoms with E-state index in [1.54, 1.807) is 14.2 Å². The van der Waals surface area contributed by atoms with Gasteiger partial charge in [-0.1, -0.05) is 6.07 Å². The monoisotopic (exact) mass is 291 g/mol. The van der Waals surface area contributed by atoms with Crippen LogP contribution >= 0.6 is 11.3 Å². The summed E-state index contributed by atoms with van der Waals surface area (Å²) in [5.74, 6) is 1.37. The molecule has 20 heavy (non-hydrogen) atoms. The predicted octanol–water partition coefficient (Wildman–Crippen LogP) is 2.74. The lowest BCUT2D eigenvalue weighted by molar-refractivity contribution is 0.0954. The average molecular weight is 291 g/mol. The molecule has 0 aliphatic rings. The van der Waals surface area contributed by atoms with Gasteiger partial charge in [-0.3, -0.25) is 4.79 Å². The van der Waals surface area contributed by atoms with Crippen molar-refractivity contribution in [3.63, 3.8) is 0 Å². The molecule has 2 aromatic rings. The van der Waals surface area contributed by atoms with Crippen LogP contribution in [0.4, 0.5) is 0 Å². The van der Waals surface area contributed by atoms with Crippen molar-refractivity contribution in [1.29, 1.82) is 0 Å². The summed E-state index contributed by atoms with van der Waals surface area (Å²) in [6, 6.07) is 7.58. The second-order valence-electron chi connectivity index (χ2n) is 4.21. The number of hydrogen-bond acceptors (Lipinski definition) is 4. The van der Waals surface area contributed by atoms with Crippen LogP contribution in [0.5, 0.6) is 11.5 Å². The SMILES string of the molecule is COc1ccc(CCNC(=O)c2ccsc2)cc1OC. The van der Waals surface area contributed by atoms with Crippen molar-refractivity contribution in [2.75, 3.05) is 20.8 Å². The minimum atomic E-state index is -0.0354. The zero-order valence-electron chi connectivity index (χ0n) is 11.5. The van der Waals surface area contributed by atoms with Crippen LogP contribution in [-0.4, -0.2) is 26.7 Å². The lowest BCUT2D eigenvalue weighted by atomic mass is 10.1. The van der Waals surface area contributed by atoms with E-state index in [0.29, 0.717) is 23.6 Å². The first kappa shape index (κ1) is 14.4. The van der Waals surface area contributed by atoms with Crippen LogP contribution in [0.3, 0.4) is 0 Å². The Balaban J connectivity index is 1.89. The number of carbonyl (C=O) groups is 1. The first-order valence-electron chi connectivity index (χ1n) is 6.26. The molecule has 4 nitrogen and oxygen atoms in total. The van der Waals surface area contributed by atoms with Crippen LogP contribution in [0.25, 0.3) is 0 Å². The lowest BCUT2D eigenvalue weighted by Crippen LogP contribution is -2.25. The zero-order valence-corrected chi connectivity index (χ0v) is 12.3. The quantitative estimate of drug-likeness (QED) is 0.890. The van der Waals surface area contributed by atoms with Crippen LogP contribution < -0.4 is 14.8 Å². The number of ether oxygens (including phenoxy) is 2. The van der Waals surface area contributed by atoms with Crippen molar-refractivity contribution in [3.8, 4) is 11.5 Å². The fraction of sp³-hybridized carbons (Fsp3) is 0.267. The van der Waals surface area contributed by atoms with Crippen molar-refractivity contribution in [3.05, 3.63) is 46.2 Å². The molecule has 1 aromatic carbocycles. The van der Waals surface area contributed by atoms with Crippen LogP contribution in [0, 0.1) is 0 Å². The van der Waals surface area contributed by atoms with Gasteiger partial charge in [-0.2, -0.15) is 11.3 Å². The van der Waals surface area contributed by atoms with E-state index in [-0.39, 0.29) is 5.91 Å². The molecule has 1 aromatic heterocycles. The molecule has 0 spiro atoms. The number of benzene rings is 1. The summed E-state index contributed by atoms with van der Waals surface area (Å²) in [7, 11) is 3.22. The number of methoxy groups -OCH3 is 2. The van der Waals surface area contributed by atoms with Gasteiger partial charge in [0.25, 0.3) is 5.91 Å². The molecule has 1 heterocycles. The fourth-order valence-corrected chi connectivity index (χ4v) is 2.49. The molecule has 1 N–H and O–H groups in total. The van der Waals surface area contributed by atoms with Gasteiger partial charge in [0.1, 0.15) is 0 Å². The van der Waals surface area contributed by atoms with E-state index in [2.05, 4.69) is 5.32 Å². The highest BCUT2D eigenvalue weighted by atomic mass is 32.1. The van der Waals surface area contributed by atoms with Gasteiger partial charge in [-0.25, -0.2) is 0 Å². The molecule has 0 fully saturated rings. The van der Waals surface area contributed by atoms with E-state index in [0.717, 1.165) is 12.0 Å². The van der Waals surface area contributed by atoms with Gasteiger partial charge in [-0.15, -0.1) is 0 Å². The summed E-state index contributed by atoms with van der Waals surface area (Å²) in [5, 5.41) is 6.63. The first-order chi connectivity index (χ1) is 9.74. The maximum Gasteiger partial charge on any atom is 0.252 e. The maximum absolute atomic E-state index is 11.8. The van der Waals surface area contributed by atoms with Gasteiger partial charge in [-0.05, 0) is 35.6 Å². The number of hydrogen-bond donors (Lipinski definition) is 1. The zero-order chi connectivity index (χ0) is 14.4. The van der Waals surface area contributed by atoms with Crippen LogP contribution in [0.1, 0.15) is 15.9 Å². The van der Waals surface area contributed by atoms with E-state index in [1.807, 2.05) is 35.0 Å². The topological polar surface area (TPSA) is 47.6 Å². The number of nitrogens with one attached hydrogen (secondary N) is 1. The van der Waals surface area contributed by atoms with E-state index in [9.17, 15) is 4.79 Å². The Bertz CT molecular complexity index is 567. The molecule has 0 aliphatic heterocycles. The highest BCUT2D eigenvalue weighted by Gasteiger charge is 2.07. The molecular weight excluding hydrogens is 274 g/mol. The number of amides is 1. The van der Waals surface area contributed by atoms with Gasteiger partial charge >= 0.3 is 0 Å². The molecule has 0 atom stereocenters. The summed E-state index contributed by atoms with van der Waals surface area (Å²) in [5.41, 5.74) is 1.80. The van der Waals surface area contributed by atoms with Crippen molar-refractivity contribution in [2.24, 2.45) is 0 Å². The highest BCUT2D eigenvalue weighted by molar-refractivity contribution is 7.08. The van der Waals surface area contributed by atoms with Gasteiger partial charge in [0, 0.05) is 17.5 Å². The normalized spacial score (nSPS) is 10.1. The van der Waals surface area contributed by atoms with E-state index in [4.69, 9.17) is 9.47 Å². The third kappa shape index (κ3) is 3.51. The van der Waals surface area contributed by atoms with Crippen molar-refractivity contribution < 1.29 is 14.3 Å². The predicted molar refractivity (Wildman–Crippen MR) is 79.9 cm³/mol. The summed E-state index contributed by atoms with van der Waals surface area (Å²) in [4.78, 5) is 11.8. The summed E-state index contributed by atoms with van der Waals surface area (Å²) >= 11 is 1.52. The van der Waals surface area contributed by atoms with E-state index in [1.165, 1.54) is 11.3 Å². The number of carbonyl (C=O) groups excluding carboxylic acids is 1. The van der Waals surface area contributed by atoms with Crippen molar-refractivity contribution in [2.45, 2.75) is 6.42 Å². The van der Waals surface area contributed by atoms with Gasteiger partial charge < -0.3 is 14.8 Å². The Hall–Kier alpha value is -2.01. The molecule has 0 saturated carbocycles. The smallest absolute Gasteiger partial charge is 0.252 e. The van der Waals surface area contributed by atoms with Crippen molar-refractivity contribution >= 4 is 17.2 Å².